The number of esters is 1. The fourth-order valence-electron chi connectivity index (χ4n) is 4.23. The molecule has 7 nitrogen and oxygen atoms in total. The van der Waals surface area contributed by atoms with Gasteiger partial charge < -0.3 is 20.3 Å². The highest BCUT2D eigenvalue weighted by Gasteiger charge is 2.43. The van der Waals surface area contributed by atoms with Gasteiger partial charge in [-0.2, -0.15) is 0 Å². The van der Waals surface area contributed by atoms with Crippen LogP contribution >= 0.6 is 0 Å². The molecule has 0 aliphatic heterocycles. The van der Waals surface area contributed by atoms with Gasteiger partial charge in [-0.15, -0.1) is 0 Å². The molecule has 1 rings (SSSR count). The highest BCUT2D eigenvalue weighted by atomic mass is 16.5. The second kappa shape index (κ2) is 12.9. The normalized spacial score (nSPS) is 15.7. The Labute approximate surface area is 211 Å². The van der Waals surface area contributed by atoms with Gasteiger partial charge in [0.15, 0.2) is 0 Å². The molecule has 0 bridgehead atoms. The minimum Gasteiger partial charge on any atom is -0.463 e. The van der Waals surface area contributed by atoms with Crippen molar-refractivity contribution < 1.29 is 19.1 Å². The van der Waals surface area contributed by atoms with Crippen molar-refractivity contribution in [1.29, 1.82) is 0 Å². The maximum atomic E-state index is 13.8. The summed E-state index contributed by atoms with van der Waals surface area (Å²) in [5.41, 5.74) is -0.233. The standard InChI is InChI=1S/C28H45N3O4/c1-11-28(29-9,21-16-14-13-15-17-21)26(34)30-23(27(6,7)8)24(32)31(10)22(19(3)4)18-20(5)25(33)35-12-2/h13-19,22-23,29H,11-12H2,1-10H3,(H,30,34)/b20-18+/t22-,23-,28?/m1/s1. The van der Waals surface area contributed by atoms with E-state index in [4.69, 9.17) is 4.74 Å². The maximum absolute atomic E-state index is 13.8. The van der Waals surface area contributed by atoms with Gasteiger partial charge >= 0.3 is 5.97 Å². The Balaban J connectivity index is 3.35. The summed E-state index contributed by atoms with van der Waals surface area (Å²) in [6.07, 6.45) is 2.28. The molecule has 0 aromatic heterocycles. The van der Waals surface area contributed by atoms with Crippen LogP contribution in [0.15, 0.2) is 42.0 Å². The van der Waals surface area contributed by atoms with E-state index in [0.717, 1.165) is 5.56 Å². The van der Waals surface area contributed by atoms with Crippen molar-refractivity contribution in [2.45, 2.75) is 79.4 Å². The van der Waals surface area contributed by atoms with Crippen molar-refractivity contribution in [3.8, 4) is 0 Å². The number of likely N-dealkylation sites (N-methyl/N-ethyl adjacent to an activating group) is 2. The van der Waals surface area contributed by atoms with E-state index in [-0.39, 0.29) is 30.4 Å². The number of carbonyl (C=O) groups is 3. The van der Waals surface area contributed by atoms with Gasteiger partial charge in [0.25, 0.3) is 0 Å². The molecule has 7 heteroatoms. The van der Waals surface area contributed by atoms with E-state index in [1.165, 1.54) is 0 Å². The van der Waals surface area contributed by atoms with E-state index in [2.05, 4.69) is 10.6 Å². The second-order valence-electron chi connectivity index (χ2n) is 10.4. The number of hydrogen-bond acceptors (Lipinski definition) is 5. The summed E-state index contributed by atoms with van der Waals surface area (Å²) in [5.74, 6) is -0.827. The molecule has 1 aromatic rings. The third-order valence-corrected chi connectivity index (χ3v) is 6.50. The molecule has 0 aliphatic rings. The number of amides is 2. The minimum atomic E-state index is -0.971. The van der Waals surface area contributed by atoms with E-state index in [1.807, 2.05) is 71.9 Å². The topological polar surface area (TPSA) is 87.7 Å². The van der Waals surface area contributed by atoms with Gasteiger partial charge in [-0.05, 0) is 44.2 Å². The van der Waals surface area contributed by atoms with Crippen LogP contribution in [-0.2, 0) is 24.7 Å². The molecule has 0 aliphatic carbocycles. The zero-order valence-electron chi connectivity index (χ0n) is 23.2. The van der Waals surface area contributed by atoms with Gasteiger partial charge in [0, 0.05) is 12.6 Å². The summed E-state index contributed by atoms with van der Waals surface area (Å²) in [5, 5.41) is 6.26. The first-order valence-corrected chi connectivity index (χ1v) is 12.4. The van der Waals surface area contributed by atoms with Crippen LogP contribution in [0.3, 0.4) is 0 Å². The molecular formula is C28H45N3O4. The average Bonchev–Trinajstić information content (AvgIpc) is 2.81. The molecule has 1 aromatic carbocycles. The number of benzene rings is 1. The lowest BCUT2D eigenvalue weighted by Crippen LogP contribution is -2.61. The van der Waals surface area contributed by atoms with Crippen molar-refractivity contribution >= 4 is 17.8 Å². The first-order chi connectivity index (χ1) is 16.3. The summed E-state index contributed by atoms with van der Waals surface area (Å²) < 4.78 is 5.11. The van der Waals surface area contributed by atoms with Crippen LogP contribution in [0.4, 0.5) is 0 Å². The number of nitrogens with one attached hydrogen (secondary N) is 2. The summed E-state index contributed by atoms with van der Waals surface area (Å²) in [7, 11) is 3.48. The Hall–Kier alpha value is -2.67. The molecule has 0 saturated heterocycles. The van der Waals surface area contributed by atoms with Crippen LogP contribution in [0.5, 0.6) is 0 Å². The van der Waals surface area contributed by atoms with Crippen molar-refractivity contribution in [3.63, 3.8) is 0 Å². The minimum absolute atomic E-state index is 0.0426. The van der Waals surface area contributed by atoms with Gasteiger partial charge in [0.2, 0.25) is 11.8 Å². The Bertz CT molecular complexity index is 883. The van der Waals surface area contributed by atoms with E-state index >= 15 is 0 Å². The van der Waals surface area contributed by atoms with Crippen molar-refractivity contribution in [2.75, 3.05) is 20.7 Å². The van der Waals surface area contributed by atoms with E-state index in [9.17, 15) is 14.4 Å². The zero-order valence-corrected chi connectivity index (χ0v) is 23.2. The number of rotatable bonds is 11. The lowest BCUT2D eigenvalue weighted by molar-refractivity contribution is -0.142. The van der Waals surface area contributed by atoms with Crippen molar-refractivity contribution in [3.05, 3.63) is 47.5 Å². The Morgan fingerprint density at radius 3 is 2.09 bits per heavy atom. The zero-order chi connectivity index (χ0) is 27.0. The highest BCUT2D eigenvalue weighted by Crippen LogP contribution is 2.28. The summed E-state index contributed by atoms with van der Waals surface area (Å²) in [6.45, 7) is 15.5. The third kappa shape index (κ3) is 7.40. The first kappa shape index (κ1) is 30.4. The van der Waals surface area contributed by atoms with Crippen LogP contribution in [0.2, 0.25) is 0 Å². The molecule has 0 heterocycles. The van der Waals surface area contributed by atoms with Crippen LogP contribution in [0.25, 0.3) is 0 Å². The van der Waals surface area contributed by atoms with Gasteiger partial charge in [0.1, 0.15) is 11.6 Å². The number of hydrogen-bond donors (Lipinski definition) is 2. The van der Waals surface area contributed by atoms with Gasteiger partial charge in [0.05, 0.1) is 12.6 Å². The SMILES string of the molecule is CCOC(=O)/C(C)=C/[C@H](C(C)C)N(C)C(=O)[C@@H](NC(=O)C(CC)(NC)c1ccccc1)C(C)(C)C. The molecule has 35 heavy (non-hydrogen) atoms. The van der Waals surface area contributed by atoms with Gasteiger partial charge in [-0.3, -0.25) is 9.59 Å². The molecule has 196 valence electrons. The predicted molar refractivity (Wildman–Crippen MR) is 141 cm³/mol. The van der Waals surface area contributed by atoms with Crippen molar-refractivity contribution in [1.82, 2.24) is 15.5 Å². The summed E-state index contributed by atoms with van der Waals surface area (Å²) in [6, 6.07) is 8.41. The number of ether oxygens (including phenoxy) is 1. The Morgan fingerprint density at radius 1 is 1.09 bits per heavy atom. The second-order valence-corrected chi connectivity index (χ2v) is 10.4. The quantitative estimate of drug-likeness (QED) is 0.363. The van der Waals surface area contributed by atoms with Crippen LogP contribution in [0, 0.1) is 11.3 Å². The van der Waals surface area contributed by atoms with Crippen LogP contribution < -0.4 is 10.6 Å². The fourth-order valence-corrected chi connectivity index (χ4v) is 4.23. The molecular weight excluding hydrogens is 442 g/mol. The maximum Gasteiger partial charge on any atom is 0.333 e. The van der Waals surface area contributed by atoms with E-state index in [1.54, 1.807) is 38.9 Å². The monoisotopic (exact) mass is 487 g/mol. The fraction of sp³-hybridized carbons (Fsp3) is 0.607. The lowest BCUT2D eigenvalue weighted by atomic mass is 9.82. The predicted octanol–water partition coefficient (Wildman–Crippen LogP) is 4.03. The average molecular weight is 488 g/mol. The molecule has 0 saturated carbocycles. The van der Waals surface area contributed by atoms with Crippen molar-refractivity contribution in [2.24, 2.45) is 11.3 Å². The first-order valence-electron chi connectivity index (χ1n) is 12.4. The Kier molecular flexibility index (Phi) is 11.2. The molecule has 1 unspecified atom stereocenters. The molecule has 3 atom stereocenters. The van der Waals surface area contributed by atoms with Gasteiger partial charge in [-0.1, -0.05) is 78.0 Å². The largest absolute Gasteiger partial charge is 0.463 e. The summed E-state index contributed by atoms with van der Waals surface area (Å²) >= 11 is 0. The van der Waals surface area contributed by atoms with Gasteiger partial charge in [-0.25, -0.2) is 4.79 Å². The molecule has 0 fully saturated rings. The van der Waals surface area contributed by atoms with Crippen LogP contribution in [-0.4, -0.2) is 55.5 Å². The molecule has 0 radical (unpaired) electrons. The number of carbonyl (C=O) groups excluding carboxylic acids is 3. The van der Waals surface area contributed by atoms with Crippen LogP contribution in [0.1, 0.15) is 67.4 Å². The summed E-state index contributed by atoms with van der Waals surface area (Å²) in [4.78, 5) is 41.4. The third-order valence-electron chi connectivity index (χ3n) is 6.50. The lowest BCUT2D eigenvalue weighted by Gasteiger charge is -2.40. The molecule has 2 N–H and O–H groups in total. The molecule has 0 spiro atoms. The molecule has 2 amide bonds. The number of nitrogens with zero attached hydrogens (tertiary/aromatic N) is 1. The smallest absolute Gasteiger partial charge is 0.333 e. The Morgan fingerprint density at radius 2 is 1.66 bits per heavy atom. The highest BCUT2D eigenvalue weighted by molar-refractivity contribution is 5.93. The van der Waals surface area contributed by atoms with E-state index in [0.29, 0.717) is 12.0 Å². The van der Waals surface area contributed by atoms with E-state index < -0.39 is 23.0 Å².